The molecule has 1 amide bonds. The number of hydrogen-bond donors (Lipinski definition) is 2. The van der Waals surface area contributed by atoms with Crippen LogP contribution in [-0.2, 0) is 9.59 Å². The van der Waals surface area contributed by atoms with Gasteiger partial charge in [-0.25, -0.2) is 4.39 Å². The van der Waals surface area contributed by atoms with Crippen LogP contribution in [0.5, 0.6) is 5.75 Å². The van der Waals surface area contributed by atoms with E-state index in [0.717, 1.165) is 0 Å². The first-order valence-corrected chi connectivity index (χ1v) is 7.65. The predicted molar refractivity (Wildman–Crippen MR) is 89.0 cm³/mol. The van der Waals surface area contributed by atoms with E-state index in [2.05, 4.69) is 5.32 Å². The zero-order chi connectivity index (χ0) is 16.7. The summed E-state index contributed by atoms with van der Waals surface area (Å²) in [4.78, 5) is 24.6. The zero-order valence-electron chi connectivity index (χ0n) is 13.2. The highest BCUT2D eigenvalue weighted by molar-refractivity contribution is 5.85. The number of nitrogens with zero attached hydrogens (tertiary/aromatic N) is 1. The van der Waals surface area contributed by atoms with Crippen molar-refractivity contribution in [2.24, 2.45) is 5.92 Å². The van der Waals surface area contributed by atoms with Crippen LogP contribution in [0.3, 0.4) is 0 Å². The van der Waals surface area contributed by atoms with Crippen molar-refractivity contribution in [2.75, 3.05) is 32.8 Å². The summed E-state index contributed by atoms with van der Waals surface area (Å²) in [5.41, 5.74) is 0. The van der Waals surface area contributed by atoms with Crippen LogP contribution in [0.4, 0.5) is 4.39 Å². The van der Waals surface area contributed by atoms with Gasteiger partial charge in [0.2, 0.25) is 5.91 Å². The van der Waals surface area contributed by atoms with Gasteiger partial charge in [-0.15, -0.1) is 12.4 Å². The number of rotatable bonds is 7. The summed E-state index contributed by atoms with van der Waals surface area (Å²) in [5.74, 6) is -0.930. The minimum Gasteiger partial charge on any atom is -0.492 e. The van der Waals surface area contributed by atoms with Crippen LogP contribution in [0.1, 0.15) is 12.8 Å². The number of hydrogen-bond acceptors (Lipinski definition) is 4. The maximum absolute atomic E-state index is 12.7. The molecule has 1 fully saturated rings. The molecule has 1 aliphatic heterocycles. The van der Waals surface area contributed by atoms with Crippen molar-refractivity contribution in [2.45, 2.75) is 12.8 Å². The van der Waals surface area contributed by atoms with Crippen molar-refractivity contribution in [1.82, 2.24) is 10.2 Å². The quantitative estimate of drug-likeness (QED) is 0.721. The van der Waals surface area contributed by atoms with Gasteiger partial charge >= 0.3 is 5.97 Å². The second-order valence-electron chi connectivity index (χ2n) is 5.54. The molecule has 6 nitrogen and oxygen atoms in total. The van der Waals surface area contributed by atoms with Crippen LogP contribution in [0, 0.1) is 11.7 Å². The fourth-order valence-electron chi connectivity index (χ4n) is 2.49. The number of aliphatic carboxylic acids is 1. The van der Waals surface area contributed by atoms with Crippen molar-refractivity contribution < 1.29 is 23.8 Å². The molecule has 2 N–H and O–H groups in total. The number of ether oxygens (including phenoxy) is 1. The number of halogens is 2. The van der Waals surface area contributed by atoms with Gasteiger partial charge in [-0.1, -0.05) is 0 Å². The Bertz CT molecular complexity index is 533. The first kappa shape index (κ1) is 20.2. The van der Waals surface area contributed by atoms with Crippen molar-refractivity contribution in [1.29, 1.82) is 0 Å². The normalized spacial score (nSPS) is 15.4. The molecule has 1 heterocycles. The monoisotopic (exact) mass is 360 g/mol. The summed E-state index contributed by atoms with van der Waals surface area (Å²) in [6, 6.07) is 5.69. The topological polar surface area (TPSA) is 78.9 Å². The van der Waals surface area contributed by atoms with Gasteiger partial charge in [0.25, 0.3) is 0 Å². The Balaban J connectivity index is 0.00000288. The predicted octanol–water partition coefficient (Wildman–Crippen LogP) is 1.54. The summed E-state index contributed by atoms with van der Waals surface area (Å²) in [7, 11) is 0. The molecule has 2 rings (SSSR count). The largest absolute Gasteiger partial charge is 0.492 e. The number of nitrogens with one attached hydrogen (secondary N) is 1. The highest BCUT2D eigenvalue weighted by Crippen LogP contribution is 2.16. The fraction of sp³-hybridized carbons (Fsp3) is 0.500. The van der Waals surface area contributed by atoms with Gasteiger partial charge in [0, 0.05) is 0 Å². The third kappa shape index (κ3) is 6.72. The zero-order valence-corrected chi connectivity index (χ0v) is 14.1. The fourth-order valence-corrected chi connectivity index (χ4v) is 2.49. The maximum Gasteiger partial charge on any atom is 0.306 e. The molecule has 0 atom stereocenters. The van der Waals surface area contributed by atoms with E-state index >= 15 is 0 Å². The first-order chi connectivity index (χ1) is 11.0. The molecule has 0 radical (unpaired) electrons. The molecule has 0 aliphatic carbocycles. The summed E-state index contributed by atoms with van der Waals surface area (Å²) >= 11 is 0. The first-order valence-electron chi connectivity index (χ1n) is 7.65. The lowest BCUT2D eigenvalue weighted by atomic mass is 9.97. The highest BCUT2D eigenvalue weighted by Gasteiger charge is 2.25. The maximum atomic E-state index is 12.7. The van der Waals surface area contributed by atoms with Crippen molar-refractivity contribution in [3.8, 4) is 5.75 Å². The summed E-state index contributed by atoms with van der Waals surface area (Å²) in [6.07, 6.45) is 1.16. The number of benzene rings is 1. The molecule has 0 aromatic heterocycles. The Hall–Kier alpha value is -1.86. The second kappa shape index (κ2) is 10.1. The Labute approximate surface area is 146 Å². The van der Waals surface area contributed by atoms with Crippen molar-refractivity contribution in [3.63, 3.8) is 0 Å². The average molecular weight is 361 g/mol. The Kier molecular flexibility index (Phi) is 8.49. The smallest absolute Gasteiger partial charge is 0.306 e. The van der Waals surface area contributed by atoms with E-state index in [0.29, 0.717) is 44.8 Å². The van der Waals surface area contributed by atoms with Gasteiger partial charge in [-0.05, 0) is 50.2 Å². The van der Waals surface area contributed by atoms with Crippen LogP contribution < -0.4 is 10.1 Å². The Morgan fingerprint density at radius 1 is 1.25 bits per heavy atom. The van der Waals surface area contributed by atoms with E-state index in [1.54, 1.807) is 0 Å². The third-order valence-corrected chi connectivity index (χ3v) is 3.81. The van der Waals surface area contributed by atoms with E-state index in [4.69, 9.17) is 9.84 Å². The lowest BCUT2D eigenvalue weighted by molar-refractivity contribution is -0.143. The molecule has 8 heteroatoms. The summed E-state index contributed by atoms with van der Waals surface area (Å²) in [5, 5.41) is 11.7. The van der Waals surface area contributed by atoms with Crippen molar-refractivity contribution >= 4 is 24.3 Å². The number of carbonyl (C=O) groups is 2. The van der Waals surface area contributed by atoms with Crippen LogP contribution >= 0.6 is 12.4 Å². The number of amides is 1. The molecule has 24 heavy (non-hydrogen) atoms. The average Bonchev–Trinajstić information content (AvgIpc) is 2.54. The van der Waals surface area contributed by atoms with E-state index in [-0.39, 0.29) is 36.6 Å². The molecule has 0 unspecified atom stereocenters. The van der Waals surface area contributed by atoms with E-state index in [9.17, 15) is 14.0 Å². The molecule has 0 saturated carbocycles. The molecular weight excluding hydrogens is 339 g/mol. The molecular formula is C16H22ClFN2O4. The van der Waals surface area contributed by atoms with E-state index in [1.165, 1.54) is 24.3 Å². The molecule has 0 bridgehead atoms. The lowest BCUT2D eigenvalue weighted by Gasteiger charge is -2.29. The van der Waals surface area contributed by atoms with E-state index in [1.807, 2.05) is 4.90 Å². The number of likely N-dealkylation sites (tertiary alicyclic amines) is 1. The molecule has 0 spiro atoms. The molecule has 1 aromatic rings. The molecule has 134 valence electrons. The lowest BCUT2D eigenvalue weighted by Crippen LogP contribution is -2.43. The van der Waals surface area contributed by atoms with Gasteiger partial charge < -0.3 is 15.2 Å². The highest BCUT2D eigenvalue weighted by atomic mass is 35.5. The van der Waals surface area contributed by atoms with Gasteiger partial charge in [0.05, 0.1) is 19.0 Å². The Morgan fingerprint density at radius 2 is 1.88 bits per heavy atom. The number of piperidine rings is 1. The van der Waals surface area contributed by atoms with Crippen LogP contribution in [0.25, 0.3) is 0 Å². The van der Waals surface area contributed by atoms with Gasteiger partial charge in [-0.2, -0.15) is 0 Å². The van der Waals surface area contributed by atoms with Gasteiger partial charge in [0.15, 0.2) is 0 Å². The molecule has 1 aliphatic rings. The van der Waals surface area contributed by atoms with E-state index < -0.39 is 5.97 Å². The number of carboxylic acids is 1. The molecule has 1 saturated heterocycles. The number of carboxylic acid groups (broad SMARTS) is 1. The van der Waals surface area contributed by atoms with Crippen LogP contribution in [0.15, 0.2) is 24.3 Å². The SMILES string of the molecule is Cl.O=C(CN1CCC(C(=O)O)CC1)NCCOc1ccc(F)cc1. The van der Waals surface area contributed by atoms with Gasteiger partial charge in [-0.3, -0.25) is 14.5 Å². The number of carbonyl (C=O) groups excluding carboxylic acids is 1. The van der Waals surface area contributed by atoms with Crippen LogP contribution in [0.2, 0.25) is 0 Å². The second-order valence-corrected chi connectivity index (χ2v) is 5.54. The van der Waals surface area contributed by atoms with Gasteiger partial charge in [0.1, 0.15) is 18.2 Å². The standard InChI is InChI=1S/C16H21FN2O4.ClH/c17-13-1-3-14(4-2-13)23-10-7-18-15(20)11-19-8-5-12(6-9-19)16(21)22;/h1-4,12H,5-11H2,(H,18,20)(H,21,22);1H. The third-order valence-electron chi connectivity index (χ3n) is 3.81. The molecule has 1 aromatic carbocycles. The summed E-state index contributed by atoms with van der Waals surface area (Å²) < 4.78 is 18.1. The minimum atomic E-state index is -0.757. The Morgan fingerprint density at radius 3 is 2.46 bits per heavy atom. The van der Waals surface area contributed by atoms with Crippen LogP contribution in [-0.4, -0.2) is 54.7 Å². The minimum absolute atomic E-state index is 0. The van der Waals surface area contributed by atoms with Crippen molar-refractivity contribution in [3.05, 3.63) is 30.1 Å². The summed E-state index contributed by atoms with van der Waals surface area (Å²) in [6.45, 7) is 2.18.